The number of ether oxygens (including phenoxy) is 1. The van der Waals surface area contributed by atoms with Crippen LogP contribution in [0.2, 0.25) is 0 Å². The summed E-state index contributed by atoms with van der Waals surface area (Å²) in [6, 6.07) is 8.78. The number of nitrogens with two attached hydrogens (primary N) is 1. The molecule has 2 aliphatic heterocycles. The Bertz CT molecular complexity index is 502. The highest BCUT2D eigenvalue weighted by Crippen LogP contribution is 2.21. The minimum absolute atomic E-state index is 0.323. The van der Waals surface area contributed by atoms with Gasteiger partial charge < -0.3 is 15.4 Å². The van der Waals surface area contributed by atoms with Crippen molar-refractivity contribution in [1.29, 1.82) is 0 Å². The van der Waals surface area contributed by atoms with E-state index in [1.807, 2.05) is 0 Å². The Kier molecular flexibility index (Phi) is 6.49. The van der Waals surface area contributed by atoms with E-state index in [0.29, 0.717) is 6.04 Å². The average molecular weight is 332 g/mol. The summed E-state index contributed by atoms with van der Waals surface area (Å²) in [5.74, 6) is 1.03. The van der Waals surface area contributed by atoms with Gasteiger partial charge in [0.25, 0.3) is 0 Å². The third kappa shape index (κ3) is 5.18. The van der Waals surface area contributed by atoms with Gasteiger partial charge >= 0.3 is 0 Å². The van der Waals surface area contributed by atoms with E-state index in [0.717, 1.165) is 71.1 Å². The molecule has 5 nitrogen and oxygen atoms in total. The molecule has 1 aromatic rings. The molecule has 134 valence electrons. The number of piperazine rings is 1. The lowest BCUT2D eigenvalue weighted by atomic mass is 10.1. The normalized spacial score (nSPS) is 24.2. The molecule has 0 aliphatic carbocycles. The van der Waals surface area contributed by atoms with E-state index in [9.17, 15) is 0 Å². The third-order valence-corrected chi connectivity index (χ3v) is 5.17. The van der Waals surface area contributed by atoms with Crippen molar-refractivity contribution < 1.29 is 4.74 Å². The first-order chi connectivity index (χ1) is 11.7. The van der Waals surface area contributed by atoms with Crippen molar-refractivity contribution in [2.45, 2.75) is 25.4 Å². The summed E-state index contributed by atoms with van der Waals surface area (Å²) in [5, 5.41) is 0. The first-order valence-electron chi connectivity index (χ1n) is 9.30. The van der Waals surface area contributed by atoms with Gasteiger partial charge in [-0.25, -0.2) is 0 Å². The van der Waals surface area contributed by atoms with Crippen LogP contribution in [0.3, 0.4) is 0 Å². The van der Waals surface area contributed by atoms with Crippen molar-refractivity contribution in [3.63, 3.8) is 0 Å². The predicted octanol–water partition coefficient (Wildman–Crippen LogP) is 1.24. The zero-order valence-corrected chi connectivity index (χ0v) is 15.0. The highest BCUT2D eigenvalue weighted by atomic mass is 16.5. The molecule has 3 rings (SSSR count). The topological polar surface area (TPSA) is 45.0 Å². The van der Waals surface area contributed by atoms with Gasteiger partial charge in [-0.15, -0.1) is 0 Å². The van der Waals surface area contributed by atoms with Crippen LogP contribution in [-0.2, 0) is 6.54 Å². The van der Waals surface area contributed by atoms with Gasteiger partial charge in [-0.05, 0) is 32.5 Å². The third-order valence-electron chi connectivity index (χ3n) is 5.17. The van der Waals surface area contributed by atoms with Gasteiger partial charge in [0.15, 0.2) is 0 Å². The maximum atomic E-state index is 6.12. The van der Waals surface area contributed by atoms with Crippen molar-refractivity contribution in [3.05, 3.63) is 29.8 Å². The van der Waals surface area contributed by atoms with Gasteiger partial charge in [0.2, 0.25) is 0 Å². The van der Waals surface area contributed by atoms with Gasteiger partial charge in [0, 0.05) is 57.4 Å². The highest BCUT2D eigenvalue weighted by molar-refractivity contribution is 5.33. The lowest BCUT2D eigenvalue weighted by Gasteiger charge is -2.32. The van der Waals surface area contributed by atoms with Crippen LogP contribution in [0, 0.1) is 0 Å². The predicted molar refractivity (Wildman–Crippen MR) is 98.4 cm³/mol. The van der Waals surface area contributed by atoms with Crippen LogP contribution in [0.1, 0.15) is 18.4 Å². The molecule has 24 heavy (non-hydrogen) atoms. The number of likely N-dealkylation sites (N-methyl/N-ethyl adjacent to an activating group) is 1. The number of piperidine rings is 1. The SMILES string of the molecule is CN1CCN(CCOc2ccccc2CN2CCC[C@@H](N)C2)CC1. The molecule has 2 N–H and O–H groups in total. The average Bonchev–Trinajstić information content (AvgIpc) is 2.58. The second-order valence-corrected chi connectivity index (χ2v) is 7.24. The van der Waals surface area contributed by atoms with Crippen LogP contribution >= 0.6 is 0 Å². The molecule has 2 aliphatic rings. The van der Waals surface area contributed by atoms with Crippen LogP contribution in [0.5, 0.6) is 5.75 Å². The van der Waals surface area contributed by atoms with E-state index >= 15 is 0 Å². The summed E-state index contributed by atoms with van der Waals surface area (Å²) >= 11 is 0. The van der Waals surface area contributed by atoms with Gasteiger partial charge in [0.05, 0.1) is 0 Å². The van der Waals surface area contributed by atoms with Crippen molar-refractivity contribution in [3.8, 4) is 5.75 Å². The van der Waals surface area contributed by atoms with Gasteiger partial charge in [-0.2, -0.15) is 0 Å². The fraction of sp³-hybridized carbons (Fsp3) is 0.684. The number of hydrogen-bond acceptors (Lipinski definition) is 5. The van der Waals surface area contributed by atoms with Gasteiger partial charge in [-0.3, -0.25) is 9.80 Å². The minimum Gasteiger partial charge on any atom is -0.492 e. The zero-order valence-electron chi connectivity index (χ0n) is 15.0. The highest BCUT2D eigenvalue weighted by Gasteiger charge is 2.18. The fourth-order valence-electron chi connectivity index (χ4n) is 3.61. The summed E-state index contributed by atoms with van der Waals surface area (Å²) in [6.45, 7) is 9.46. The first kappa shape index (κ1) is 17.7. The lowest BCUT2D eigenvalue weighted by molar-refractivity contribution is 0.132. The van der Waals surface area contributed by atoms with Crippen LogP contribution in [-0.4, -0.2) is 80.2 Å². The molecule has 0 unspecified atom stereocenters. The Morgan fingerprint density at radius 2 is 1.88 bits per heavy atom. The van der Waals surface area contributed by atoms with Crippen LogP contribution < -0.4 is 10.5 Å². The molecule has 0 saturated carbocycles. The summed E-state index contributed by atoms with van der Waals surface area (Å²) in [7, 11) is 2.19. The smallest absolute Gasteiger partial charge is 0.123 e. The Labute approximate surface area is 146 Å². The van der Waals surface area contributed by atoms with E-state index in [1.165, 1.54) is 12.0 Å². The first-order valence-corrected chi connectivity index (χ1v) is 9.30. The van der Waals surface area contributed by atoms with Crippen molar-refractivity contribution in [2.24, 2.45) is 5.73 Å². The number of benzene rings is 1. The molecule has 0 radical (unpaired) electrons. The van der Waals surface area contributed by atoms with Crippen molar-refractivity contribution in [1.82, 2.24) is 14.7 Å². The quantitative estimate of drug-likeness (QED) is 0.849. The summed E-state index contributed by atoms with van der Waals surface area (Å²) in [6.07, 6.45) is 2.35. The molecule has 2 saturated heterocycles. The Morgan fingerprint density at radius 1 is 1.08 bits per heavy atom. The molecule has 2 heterocycles. The standard InChI is InChI=1S/C19H32N4O/c1-21-9-11-22(12-10-21)13-14-24-19-7-3-2-5-17(19)15-23-8-4-6-18(20)16-23/h2-3,5,7,18H,4,6,8-16,20H2,1H3/t18-/m1/s1. The van der Waals surface area contributed by atoms with Crippen LogP contribution in [0.15, 0.2) is 24.3 Å². The van der Waals surface area contributed by atoms with Gasteiger partial charge in [0.1, 0.15) is 12.4 Å². The number of likely N-dealkylation sites (tertiary alicyclic amines) is 1. The van der Waals surface area contributed by atoms with Crippen molar-refractivity contribution in [2.75, 3.05) is 59.5 Å². The summed E-state index contributed by atoms with van der Waals surface area (Å²) < 4.78 is 6.12. The number of rotatable bonds is 6. The second kappa shape index (κ2) is 8.81. The molecule has 1 atom stereocenters. The lowest BCUT2D eigenvalue weighted by Crippen LogP contribution is -2.45. The van der Waals surface area contributed by atoms with E-state index in [1.54, 1.807) is 0 Å². The Hall–Kier alpha value is -1.14. The Balaban J connectivity index is 1.48. The molecule has 2 fully saturated rings. The molecule has 0 aromatic heterocycles. The molecule has 0 amide bonds. The fourth-order valence-corrected chi connectivity index (χ4v) is 3.61. The number of para-hydroxylation sites is 1. The van der Waals surface area contributed by atoms with E-state index in [4.69, 9.17) is 10.5 Å². The van der Waals surface area contributed by atoms with E-state index < -0.39 is 0 Å². The molecular weight excluding hydrogens is 300 g/mol. The summed E-state index contributed by atoms with van der Waals surface area (Å²) in [4.78, 5) is 7.33. The van der Waals surface area contributed by atoms with Crippen molar-refractivity contribution >= 4 is 0 Å². The summed E-state index contributed by atoms with van der Waals surface area (Å²) in [5.41, 5.74) is 7.39. The van der Waals surface area contributed by atoms with E-state index in [-0.39, 0.29) is 0 Å². The molecule has 0 bridgehead atoms. The number of nitrogens with zero attached hydrogens (tertiary/aromatic N) is 3. The zero-order chi connectivity index (χ0) is 16.8. The van der Waals surface area contributed by atoms with Gasteiger partial charge in [-0.1, -0.05) is 18.2 Å². The Morgan fingerprint density at radius 3 is 2.67 bits per heavy atom. The maximum absolute atomic E-state index is 6.12. The number of hydrogen-bond donors (Lipinski definition) is 1. The molecule has 1 aromatic carbocycles. The molecule has 0 spiro atoms. The maximum Gasteiger partial charge on any atom is 0.123 e. The van der Waals surface area contributed by atoms with Crippen LogP contribution in [0.4, 0.5) is 0 Å². The van der Waals surface area contributed by atoms with E-state index in [2.05, 4.69) is 46.0 Å². The minimum atomic E-state index is 0.323. The largest absolute Gasteiger partial charge is 0.492 e. The molecular formula is C19H32N4O. The monoisotopic (exact) mass is 332 g/mol. The molecule has 5 heteroatoms. The van der Waals surface area contributed by atoms with Crippen LogP contribution in [0.25, 0.3) is 0 Å². The second-order valence-electron chi connectivity index (χ2n) is 7.24.